The van der Waals surface area contributed by atoms with E-state index >= 15 is 0 Å². The number of hydrogen-bond acceptors (Lipinski definition) is 4. The molecule has 1 saturated carbocycles. The predicted octanol–water partition coefficient (Wildman–Crippen LogP) is 1.47. The first kappa shape index (κ1) is 15.6. The van der Waals surface area contributed by atoms with E-state index in [2.05, 4.69) is 4.72 Å². The molecule has 2 aliphatic rings. The fraction of sp³-hybridized carbons (Fsp3) is 0.923. The van der Waals surface area contributed by atoms with Gasteiger partial charge in [0.05, 0.1) is 5.25 Å². The van der Waals surface area contributed by atoms with Crippen LogP contribution in [0.25, 0.3) is 0 Å². The number of sulfonamides is 1. The Morgan fingerprint density at radius 1 is 1.15 bits per heavy atom. The highest BCUT2D eigenvalue weighted by atomic mass is 32.2. The average molecular weight is 304 g/mol. The van der Waals surface area contributed by atoms with Gasteiger partial charge in [-0.25, -0.2) is 17.9 Å². The number of carbonyl (C=O) groups excluding carboxylic acids is 1. The van der Waals surface area contributed by atoms with E-state index in [9.17, 15) is 13.2 Å². The molecular formula is C13H24N2O4S. The summed E-state index contributed by atoms with van der Waals surface area (Å²) in [6.07, 6.45) is 2.51. The van der Waals surface area contributed by atoms with E-state index in [-0.39, 0.29) is 17.4 Å². The van der Waals surface area contributed by atoms with Gasteiger partial charge < -0.3 is 9.64 Å². The van der Waals surface area contributed by atoms with Crippen LogP contribution >= 0.6 is 0 Å². The van der Waals surface area contributed by atoms with E-state index in [1.165, 1.54) is 0 Å². The number of ether oxygens (including phenoxy) is 1. The molecule has 7 heteroatoms. The number of piperidine rings is 1. The van der Waals surface area contributed by atoms with Crippen LogP contribution in [0.4, 0.5) is 4.79 Å². The Hall–Kier alpha value is -0.820. The van der Waals surface area contributed by atoms with Crippen LogP contribution in [-0.4, -0.2) is 49.4 Å². The molecule has 0 unspecified atom stereocenters. The van der Waals surface area contributed by atoms with Gasteiger partial charge in [0.25, 0.3) is 0 Å². The Morgan fingerprint density at radius 3 is 2.15 bits per heavy atom. The number of likely N-dealkylation sites (tertiary alicyclic amines) is 1. The molecule has 2 rings (SSSR count). The van der Waals surface area contributed by atoms with Crippen LogP contribution in [0.5, 0.6) is 0 Å². The van der Waals surface area contributed by atoms with Crippen LogP contribution in [0.2, 0.25) is 0 Å². The second-order valence-corrected chi connectivity index (χ2v) is 8.60. The minimum Gasteiger partial charge on any atom is -0.444 e. The first-order chi connectivity index (χ1) is 9.17. The molecule has 1 amide bonds. The van der Waals surface area contributed by atoms with Crippen molar-refractivity contribution < 1.29 is 17.9 Å². The Morgan fingerprint density at radius 2 is 1.70 bits per heavy atom. The maximum Gasteiger partial charge on any atom is 0.410 e. The van der Waals surface area contributed by atoms with Crippen LogP contribution in [-0.2, 0) is 14.8 Å². The quantitative estimate of drug-likeness (QED) is 0.856. The van der Waals surface area contributed by atoms with Crippen molar-refractivity contribution in [3.8, 4) is 0 Å². The first-order valence-corrected chi connectivity index (χ1v) is 8.71. The van der Waals surface area contributed by atoms with Gasteiger partial charge in [-0.1, -0.05) is 0 Å². The third-order valence-electron chi connectivity index (χ3n) is 3.44. The molecule has 0 atom stereocenters. The summed E-state index contributed by atoms with van der Waals surface area (Å²) in [4.78, 5) is 13.5. The number of nitrogens with one attached hydrogen (secondary N) is 1. The molecule has 0 aromatic carbocycles. The molecule has 1 N–H and O–H groups in total. The van der Waals surface area contributed by atoms with Gasteiger partial charge >= 0.3 is 6.09 Å². The third-order valence-corrected chi connectivity index (χ3v) is 5.45. The SMILES string of the molecule is CC(C)(C)OC(=O)N1CCC(NS(=O)(=O)C2CC2)CC1. The molecule has 1 aliphatic carbocycles. The maximum atomic E-state index is 11.9. The largest absolute Gasteiger partial charge is 0.444 e. The first-order valence-electron chi connectivity index (χ1n) is 7.16. The Bertz CT molecular complexity index is 457. The van der Waals surface area contributed by atoms with Crippen molar-refractivity contribution >= 4 is 16.1 Å². The standard InChI is InChI=1S/C13H24N2O4S/c1-13(2,3)19-12(16)15-8-6-10(7-9-15)14-20(17,18)11-4-5-11/h10-11,14H,4-9H2,1-3H3. The van der Waals surface area contributed by atoms with Gasteiger partial charge in [-0.05, 0) is 46.5 Å². The van der Waals surface area contributed by atoms with Crippen molar-refractivity contribution in [2.45, 2.75) is 63.3 Å². The lowest BCUT2D eigenvalue weighted by Gasteiger charge is -2.33. The van der Waals surface area contributed by atoms with E-state index in [0.29, 0.717) is 25.9 Å². The number of nitrogens with zero attached hydrogens (tertiary/aromatic N) is 1. The van der Waals surface area contributed by atoms with Crippen molar-refractivity contribution in [3.63, 3.8) is 0 Å². The monoisotopic (exact) mass is 304 g/mol. The second-order valence-electron chi connectivity index (χ2n) is 6.60. The predicted molar refractivity (Wildman–Crippen MR) is 75.9 cm³/mol. The van der Waals surface area contributed by atoms with Gasteiger partial charge in [0.2, 0.25) is 10.0 Å². The van der Waals surface area contributed by atoms with Gasteiger partial charge in [-0.3, -0.25) is 0 Å². The lowest BCUT2D eigenvalue weighted by molar-refractivity contribution is 0.0203. The summed E-state index contributed by atoms with van der Waals surface area (Å²) < 4.78 is 31.8. The number of amides is 1. The summed E-state index contributed by atoms with van der Waals surface area (Å²) in [6.45, 7) is 6.57. The molecule has 2 fully saturated rings. The molecule has 0 bridgehead atoms. The summed E-state index contributed by atoms with van der Waals surface area (Å²) in [5, 5.41) is -0.189. The lowest BCUT2D eigenvalue weighted by atomic mass is 10.1. The van der Waals surface area contributed by atoms with Crippen LogP contribution in [0.1, 0.15) is 46.5 Å². The zero-order valence-corrected chi connectivity index (χ0v) is 13.2. The van der Waals surface area contributed by atoms with E-state index < -0.39 is 15.6 Å². The van der Waals surface area contributed by atoms with Crippen LogP contribution in [0.3, 0.4) is 0 Å². The summed E-state index contributed by atoms with van der Waals surface area (Å²) in [7, 11) is -3.14. The molecule has 1 heterocycles. The topological polar surface area (TPSA) is 75.7 Å². The van der Waals surface area contributed by atoms with Gasteiger partial charge in [-0.2, -0.15) is 0 Å². The van der Waals surface area contributed by atoms with Crippen molar-refractivity contribution in [1.29, 1.82) is 0 Å². The summed E-state index contributed by atoms with van der Waals surface area (Å²) >= 11 is 0. The Balaban J connectivity index is 1.79. The molecule has 20 heavy (non-hydrogen) atoms. The molecule has 0 aromatic heterocycles. The minimum atomic E-state index is -3.14. The van der Waals surface area contributed by atoms with Gasteiger partial charge in [-0.15, -0.1) is 0 Å². The number of hydrogen-bond donors (Lipinski definition) is 1. The highest BCUT2D eigenvalue weighted by Gasteiger charge is 2.38. The van der Waals surface area contributed by atoms with E-state index in [1.54, 1.807) is 4.90 Å². The van der Waals surface area contributed by atoms with Crippen LogP contribution in [0, 0.1) is 0 Å². The molecule has 116 valence electrons. The van der Waals surface area contributed by atoms with Crippen LogP contribution in [0.15, 0.2) is 0 Å². The zero-order chi connectivity index (χ0) is 15.0. The fourth-order valence-electron chi connectivity index (χ4n) is 2.21. The molecule has 0 spiro atoms. The van der Waals surface area contributed by atoms with Gasteiger partial charge in [0.1, 0.15) is 5.60 Å². The van der Waals surface area contributed by atoms with Crippen molar-refractivity contribution in [2.75, 3.05) is 13.1 Å². The van der Waals surface area contributed by atoms with Crippen molar-refractivity contribution in [2.24, 2.45) is 0 Å². The molecule has 0 radical (unpaired) electrons. The van der Waals surface area contributed by atoms with E-state index in [0.717, 1.165) is 12.8 Å². The number of rotatable bonds is 3. The molecule has 6 nitrogen and oxygen atoms in total. The fourth-order valence-corrected chi connectivity index (χ4v) is 3.86. The second kappa shape index (κ2) is 5.52. The minimum absolute atomic E-state index is 0.0562. The third kappa shape index (κ3) is 4.34. The summed E-state index contributed by atoms with van der Waals surface area (Å²) in [5.41, 5.74) is -0.499. The maximum absolute atomic E-state index is 11.9. The highest BCUT2D eigenvalue weighted by Crippen LogP contribution is 2.28. The zero-order valence-electron chi connectivity index (χ0n) is 12.4. The molecular weight excluding hydrogens is 280 g/mol. The van der Waals surface area contributed by atoms with E-state index in [4.69, 9.17) is 4.74 Å². The molecule has 0 aromatic rings. The van der Waals surface area contributed by atoms with Crippen LogP contribution < -0.4 is 4.72 Å². The van der Waals surface area contributed by atoms with Gasteiger partial charge in [0, 0.05) is 19.1 Å². The summed E-state index contributed by atoms with van der Waals surface area (Å²) in [5.74, 6) is 0. The van der Waals surface area contributed by atoms with E-state index in [1.807, 2.05) is 20.8 Å². The average Bonchev–Trinajstić information content (AvgIpc) is 3.10. The Labute approximate surface area is 120 Å². The molecule has 1 saturated heterocycles. The Kier molecular flexibility index (Phi) is 4.30. The van der Waals surface area contributed by atoms with Crippen molar-refractivity contribution in [3.05, 3.63) is 0 Å². The van der Waals surface area contributed by atoms with Crippen molar-refractivity contribution in [1.82, 2.24) is 9.62 Å². The smallest absolute Gasteiger partial charge is 0.410 e. The molecule has 1 aliphatic heterocycles. The summed E-state index contributed by atoms with van der Waals surface area (Å²) in [6, 6.07) is -0.0562. The van der Waals surface area contributed by atoms with Gasteiger partial charge in [0.15, 0.2) is 0 Å². The normalized spacial score (nSPS) is 21.9. The highest BCUT2D eigenvalue weighted by molar-refractivity contribution is 7.90. The number of carbonyl (C=O) groups is 1. The lowest BCUT2D eigenvalue weighted by Crippen LogP contribution is -2.48.